The van der Waals surface area contributed by atoms with Crippen LogP contribution in [-0.2, 0) is 4.74 Å². The molecule has 20 heavy (non-hydrogen) atoms. The number of H-pyrrole nitrogens is 1. The summed E-state index contributed by atoms with van der Waals surface area (Å²) < 4.78 is 36.6. The molecule has 1 heterocycles. The molecule has 0 bridgehead atoms. The molecule has 1 N–H and O–H groups in total. The van der Waals surface area contributed by atoms with Crippen molar-refractivity contribution >= 4 is 5.97 Å². The first-order valence-corrected chi connectivity index (χ1v) is 5.69. The van der Waals surface area contributed by atoms with Gasteiger partial charge in [0.2, 0.25) is 0 Å². The predicted molar refractivity (Wildman–Crippen MR) is 64.2 cm³/mol. The topological polar surface area (TPSA) is 77.1 Å². The van der Waals surface area contributed by atoms with Crippen molar-refractivity contribution in [2.24, 2.45) is 0 Å². The van der Waals surface area contributed by atoms with Gasteiger partial charge in [-0.1, -0.05) is 0 Å². The van der Waals surface area contributed by atoms with Crippen LogP contribution in [0.1, 0.15) is 17.4 Å². The molecule has 0 saturated carbocycles. The SMILES string of the molecule is CCOC(=O)c1n[nH]nc1-c1cc(F)c(OC)c(F)c1. The highest BCUT2D eigenvalue weighted by atomic mass is 19.1. The van der Waals surface area contributed by atoms with Crippen molar-refractivity contribution in [1.82, 2.24) is 15.4 Å². The molecule has 0 fully saturated rings. The quantitative estimate of drug-likeness (QED) is 0.868. The van der Waals surface area contributed by atoms with Crippen LogP contribution in [0.5, 0.6) is 5.75 Å². The van der Waals surface area contributed by atoms with Crippen LogP contribution in [0.15, 0.2) is 12.1 Å². The molecule has 6 nitrogen and oxygen atoms in total. The van der Waals surface area contributed by atoms with Crippen molar-refractivity contribution in [2.45, 2.75) is 6.92 Å². The van der Waals surface area contributed by atoms with Gasteiger partial charge in [0.15, 0.2) is 23.1 Å². The lowest BCUT2D eigenvalue weighted by atomic mass is 10.1. The van der Waals surface area contributed by atoms with Crippen LogP contribution in [0, 0.1) is 11.6 Å². The molecular weight excluding hydrogens is 272 g/mol. The fourth-order valence-corrected chi connectivity index (χ4v) is 1.67. The van der Waals surface area contributed by atoms with Crippen molar-refractivity contribution in [3.63, 3.8) is 0 Å². The fourth-order valence-electron chi connectivity index (χ4n) is 1.67. The molecule has 8 heteroatoms. The lowest BCUT2D eigenvalue weighted by Gasteiger charge is -2.06. The van der Waals surface area contributed by atoms with Gasteiger partial charge in [0.1, 0.15) is 5.69 Å². The standard InChI is InChI=1S/C12H11F2N3O3/c1-3-20-12(18)10-9(15-17-16-10)6-4-7(13)11(19-2)8(14)5-6/h4-5H,3H2,1-2H3,(H,15,16,17). The van der Waals surface area contributed by atoms with E-state index in [1.807, 2.05) is 0 Å². The third-order valence-corrected chi connectivity index (χ3v) is 2.49. The molecule has 0 aliphatic heterocycles. The van der Waals surface area contributed by atoms with Crippen LogP contribution in [0.2, 0.25) is 0 Å². The van der Waals surface area contributed by atoms with Crippen LogP contribution < -0.4 is 4.74 Å². The van der Waals surface area contributed by atoms with Crippen molar-refractivity contribution in [1.29, 1.82) is 0 Å². The third-order valence-electron chi connectivity index (χ3n) is 2.49. The number of nitrogens with one attached hydrogen (secondary N) is 1. The minimum absolute atomic E-state index is 0.00361. The van der Waals surface area contributed by atoms with E-state index in [4.69, 9.17) is 4.74 Å². The summed E-state index contributed by atoms with van der Waals surface area (Å²) in [4.78, 5) is 11.6. The van der Waals surface area contributed by atoms with E-state index in [9.17, 15) is 13.6 Å². The Balaban J connectivity index is 2.48. The second-order valence-corrected chi connectivity index (χ2v) is 3.71. The van der Waals surface area contributed by atoms with Crippen molar-refractivity contribution in [2.75, 3.05) is 13.7 Å². The molecule has 0 radical (unpaired) electrons. The number of rotatable bonds is 4. The normalized spacial score (nSPS) is 10.4. The number of aromatic nitrogens is 3. The number of esters is 1. The van der Waals surface area contributed by atoms with Crippen molar-refractivity contribution in [3.05, 3.63) is 29.5 Å². The zero-order valence-corrected chi connectivity index (χ0v) is 10.7. The maximum absolute atomic E-state index is 13.6. The summed E-state index contributed by atoms with van der Waals surface area (Å²) in [7, 11) is 1.15. The van der Waals surface area contributed by atoms with Crippen LogP contribution in [0.25, 0.3) is 11.3 Å². The smallest absolute Gasteiger partial charge is 0.361 e. The van der Waals surface area contributed by atoms with Crippen molar-refractivity contribution in [3.8, 4) is 17.0 Å². The van der Waals surface area contributed by atoms with E-state index in [1.165, 1.54) is 0 Å². The minimum atomic E-state index is -0.902. The second kappa shape index (κ2) is 5.64. The van der Waals surface area contributed by atoms with Gasteiger partial charge in [-0.25, -0.2) is 13.6 Å². The van der Waals surface area contributed by atoms with E-state index in [0.29, 0.717) is 0 Å². The molecule has 106 valence electrons. The molecule has 0 unspecified atom stereocenters. The minimum Gasteiger partial charge on any atom is -0.491 e. The summed E-state index contributed by atoms with van der Waals surface area (Å²) in [6.45, 7) is 1.78. The number of hydrogen-bond donors (Lipinski definition) is 1. The first kappa shape index (κ1) is 13.9. The molecule has 2 rings (SSSR count). The summed E-state index contributed by atoms with van der Waals surface area (Å²) in [5.74, 6) is -3.04. The van der Waals surface area contributed by atoms with Crippen LogP contribution >= 0.6 is 0 Å². The van der Waals surface area contributed by atoms with E-state index in [-0.39, 0.29) is 23.6 Å². The summed E-state index contributed by atoms with van der Waals surface area (Å²) in [5.41, 5.74) is -0.0858. The van der Waals surface area contributed by atoms with E-state index in [1.54, 1.807) is 6.92 Å². The Kier molecular flexibility index (Phi) is 3.92. The van der Waals surface area contributed by atoms with Crippen LogP contribution in [0.4, 0.5) is 8.78 Å². The van der Waals surface area contributed by atoms with Gasteiger partial charge >= 0.3 is 5.97 Å². The lowest BCUT2D eigenvalue weighted by Crippen LogP contribution is -2.07. The fraction of sp³-hybridized carbons (Fsp3) is 0.250. The molecule has 1 aromatic heterocycles. The molecule has 2 aromatic rings. The monoisotopic (exact) mass is 283 g/mol. The molecule has 0 aliphatic rings. The van der Waals surface area contributed by atoms with E-state index in [0.717, 1.165) is 19.2 Å². The number of benzene rings is 1. The zero-order chi connectivity index (χ0) is 14.7. The van der Waals surface area contributed by atoms with Gasteiger partial charge in [0.25, 0.3) is 0 Å². The number of nitrogens with zero attached hydrogens (tertiary/aromatic N) is 2. The number of carbonyl (C=O) groups is 1. The van der Waals surface area contributed by atoms with Gasteiger partial charge in [-0.15, -0.1) is 5.10 Å². The van der Waals surface area contributed by atoms with E-state index < -0.39 is 23.4 Å². The van der Waals surface area contributed by atoms with Gasteiger partial charge in [0.05, 0.1) is 13.7 Å². The molecule has 0 spiro atoms. The Bertz CT molecular complexity index is 620. The summed E-state index contributed by atoms with van der Waals surface area (Å²) >= 11 is 0. The maximum Gasteiger partial charge on any atom is 0.361 e. The average Bonchev–Trinajstić information content (AvgIpc) is 2.87. The largest absolute Gasteiger partial charge is 0.491 e. The Labute approximate surface area is 112 Å². The first-order chi connectivity index (χ1) is 9.58. The predicted octanol–water partition coefficient (Wildman–Crippen LogP) is 1.94. The molecule has 0 atom stereocenters. The Morgan fingerprint density at radius 2 is 1.95 bits per heavy atom. The number of halogens is 2. The number of hydrogen-bond acceptors (Lipinski definition) is 5. The highest BCUT2D eigenvalue weighted by Gasteiger charge is 2.21. The third kappa shape index (κ3) is 2.44. The van der Waals surface area contributed by atoms with Crippen LogP contribution in [0.3, 0.4) is 0 Å². The molecular formula is C12H11F2N3O3. The number of carbonyl (C=O) groups excluding carboxylic acids is 1. The highest BCUT2D eigenvalue weighted by molar-refractivity contribution is 5.93. The first-order valence-electron chi connectivity index (χ1n) is 5.69. The number of methoxy groups -OCH3 is 1. The highest BCUT2D eigenvalue weighted by Crippen LogP contribution is 2.29. The van der Waals surface area contributed by atoms with Gasteiger partial charge in [-0.3, -0.25) is 0 Å². The molecule has 0 aliphatic carbocycles. The molecule has 1 aromatic carbocycles. The summed E-state index contributed by atoms with van der Waals surface area (Å²) in [6.07, 6.45) is 0. The van der Waals surface area contributed by atoms with Crippen LogP contribution in [-0.4, -0.2) is 35.1 Å². The zero-order valence-electron chi connectivity index (χ0n) is 10.7. The van der Waals surface area contributed by atoms with Gasteiger partial charge in [-0.2, -0.15) is 10.3 Å². The second-order valence-electron chi connectivity index (χ2n) is 3.71. The number of aromatic amines is 1. The van der Waals surface area contributed by atoms with Gasteiger partial charge in [-0.05, 0) is 19.1 Å². The van der Waals surface area contributed by atoms with Gasteiger partial charge < -0.3 is 9.47 Å². The molecule has 0 amide bonds. The summed E-state index contributed by atoms with van der Waals surface area (Å²) in [5, 5.41) is 9.57. The van der Waals surface area contributed by atoms with E-state index >= 15 is 0 Å². The van der Waals surface area contributed by atoms with Crippen molar-refractivity contribution < 1.29 is 23.0 Å². The maximum atomic E-state index is 13.6. The summed E-state index contributed by atoms with van der Waals surface area (Å²) in [6, 6.07) is 2.00. The Hall–Kier alpha value is -2.51. The average molecular weight is 283 g/mol. The molecule has 0 saturated heterocycles. The number of ether oxygens (including phenoxy) is 2. The van der Waals surface area contributed by atoms with E-state index in [2.05, 4.69) is 20.1 Å². The lowest BCUT2D eigenvalue weighted by molar-refractivity contribution is 0.0520. The Morgan fingerprint density at radius 1 is 1.30 bits per heavy atom. The Morgan fingerprint density at radius 3 is 2.50 bits per heavy atom. The van der Waals surface area contributed by atoms with Gasteiger partial charge in [0, 0.05) is 5.56 Å².